The van der Waals surface area contributed by atoms with Gasteiger partial charge >= 0.3 is 0 Å². The SMILES string of the molecule is CC1(C)c2ccccc2C2(c3ccccc31)c1cccc3c1-c1c2ccc2c4c(N(c5cc(-c6ccccc6)cc(-c6ccccc6)c5)c5ccc6c(c5)C(c5ccccc5)(c5ccccc5)c5ccccc5-6)cccc4n(c12)-c1ccccc1-3. The van der Waals surface area contributed by atoms with Crippen molar-refractivity contribution in [2.24, 2.45) is 0 Å². The summed E-state index contributed by atoms with van der Waals surface area (Å²) >= 11 is 0. The molecule has 1 spiro atoms. The minimum atomic E-state index is -0.604. The molecule has 14 aromatic rings. The van der Waals surface area contributed by atoms with E-state index in [0.29, 0.717) is 0 Å². The summed E-state index contributed by atoms with van der Waals surface area (Å²) in [6, 6.07) is 115. The van der Waals surface area contributed by atoms with Gasteiger partial charge in [-0.3, -0.25) is 0 Å². The molecule has 1 aliphatic heterocycles. The van der Waals surface area contributed by atoms with E-state index in [4.69, 9.17) is 0 Å². The second kappa shape index (κ2) is 17.7. The largest absolute Gasteiger partial charge is 0.310 e. The van der Waals surface area contributed by atoms with Gasteiger partial charge in [-0.1, -0.05) is 269 Å². The highest BCUT2D eigenvalue weighted by molar-refractivity contribution is 6.23. The quantitative estimate of drug-likeness (QED) is 0.154. The number of hydrogen-bond donors (Lipinski definition) is 0. The maximum atomic E-state index is 2.64. The maximum absolute atomic E-state index is 2.64. The van der Waals surface area contributed by atoms with Crippen LogP contribution in [0.2, 0.25) is 0 Å². The topological polar surface area (TPSA) is 8.17 Å². The number of benzene rings is 13. The fourth-order valence-corrected chi connectivity index (χ4v) is 16.5. The van der Waals surface area contributed by atoms with Gasteiger partial charge in [0.05, 0.1) is 33.2 Å². The van der Waals surface area contributed by atoms with Gasteiger partial charge < -0.3 is 9.47 Å². The first-order valence-corrected chi connectivity index (χ1v) is 29.9. The van der Waals surface area contributed by atoms with Crippen molar-refractivity contribution >= 4 is 38.9 Å². The van der Waals surface area contributed by atoms with E-state index in [1.807, 2.05) is 0 Å². The molecule has 2 heterocycles. The first-order valence-electron chi connectivity index (χ1n) is 29.9. The molecule has 3 aliphatic carbocycles. The third kappa shape index (κ3) is 6.33. The zero-order valence-electron chi connectivity index (χ0n) is 47.3. The van der Waals surface area contributed by atoms with E-state index in [2.05, 4.69) is 327 Å². The average Bonchev–Trinajstić information content (AvgIpc) is 1.84. The number of nitrogens with zero attached hydrogens (tertiary/aromatic N) is 2. The number of anilines is 3. The van der Waals surface area contributed by atoms with Gasteiger partial charge in [-0.25, -0.2) is 0 Å². The Morgan fingerprint density at radius 1 is 0.306 bits per heavy atom. The van der Waals surface area contributed by atoms with Crippen LogP contribution in [0.1, 0.15) is 69.5 Å². The molecule has 0 atom stereocenters. The van der Waals surface area contributed by atoms with Crippen molar-refractivity contribution in [3.05, 3.63) is 359 Å². The van der Waals surface area contributed by atoms with Gasteiger partial charge in [0.15, 0.2) is 0 Å². The lowest BCUT2D eigenvalue weighted by atomic mass is 9.55. The van der Waals surface area contributed by atoms with Crippen molar-refractivity contribution in [2.75, 3.05) is 4.90 Å². The molecular weight excluding hydrogens is 1020 g/mol. The second-order valence-electron chi connectivity index (χ2n) is 24.2. The molecule has 2 heteroatoms. The molecule has 0 N–H and O–H groups in total. The summed E-state index contributed by atoms with van der Waals surface area (Å²) in [5.74, 6) is 0. The van der Waals surface area contributed by atoms with Crippen molar-refractivity contribution in [2.45, 2.75) is 30.1 Å². The Morgan fingerprint density at radius 2 is 0.812 bits per heavy atom. The van der Waals surface area contributed by atoms with Gasteiger partial charge in [0.2, 0.25) is 0 Å². The Morgan fingerprint density at radius 3 is 1.46 bits per heavy atom. The lowest BCUT2D eigenvalue weighted by molar-refractivity contribution is 0.563. The molecule has 0 radical (unpaired) electrons. The van der Waals surface area contributed by atoms with E-state index in [9.17, 15) is 0 Å². The van der Waals surface area contributed by atoms with Crippen molar-refractivity contribution in [1.82, 2.24) is 4.57 Å². The summed E-state index contributed by atoms with van der Waals surface area (Å²) in [5, 5.41) is 2.43. The molecule has 85 heavy (non-hydrogen) atoms. The van der Waals surface area contributed by atoms with Crippen LogP contribution in [0.25, 0.3) is 83.1 Å². The molecule has 0 bridgehead atoms. The Labute approximate surface area is 495 Å². The molecule has 0 fully saturated rings. The predicted molar refractivity (Wildman–Crippen MR) is 352 cm³/mol. The molecule has 0 saturated heterocycles. The smallest absolute Gasteiger partial charge is 0.0720 e. The molecule has 0 unspecified atom stereocenters. The molecule has 4 aliphatic rings. The summed E-state index contributed by atoms with van der Waals surface area (Å²) < 4.78 is 2.64. The second-order valence-corrected chi connectivity index (χ2v) is 24.2. The molecule has 18 rings (SSSR count). The highest BCUT2D eigenvalue weighted by Gasteiger charge is 2.55. The third-order valence-corrected chi connectivity index (χ3v) is 19.8. The molecular formula is C83H56N2. The first-order chi connectivity index (χ1) is 42.0. The highest BCUT2D eigenvalue weighted by atomic mass is 15.1. The number of para-hydroxylation sites is 1. The maximum Gasteiger partial charge on any atom is 0.0720 e. The van der Waals surface area contributed by atoms with Gasteiger partial charge in [-0.05, 0) is 149 Å². The summed E-state index contributed by atoms with van der Waals surface area (Å²) in [4.78, 5) is 2.59. The van der Waals surface area contributed by atoms with Gasteiger partial charge in [-0.15, -0.1) is 0 Å². The molecule has 398 valence electrons. The van der Waals surface area contributed by atoms with Crippen LogP contribution in [-0.4, -0.2) is 4.57 Å². The van der Waals surface area contributed by atoms with Crippen LogP contribution < -0.4 is 4.90 Å². The van der Waals surface area contributed by atoms with Crippen molar-refractivity contribution in [3.8, 4) is 61.3 Å². The van der Waals surface area contributed by atoms with Crippen LogP contribution >= 0.6 is 0 Å². The zero-order valence-corrected chi connectivity index (χ0v) is 47.3. The fraction of sp³-hybridized carbons (Fsp3) is 0.0602. The minimum Gasteiger partial charge on any atom is -0.310 e. The van der Waals surface area contributed by atoms with Crippen LogP contribution in [0.15, 0.2) is 303 Å². The number of fused-ring (bicyclic) bond motifs is 15. The van der Waals surface area contributed by atoms with Crippen molar-refractivity contribution < 1.29 is 0 Å². The van der Waals surface area contributed by atoms with E-state index >= 15 is 0 Å². The van der Waals surface area contributed by atoms with E-state index < -0.39 is 10.8 Å². The summed E-state index contributed by atoms with van der Waals surface area (Å²) in [6.45, 7) is 4.83. The Hall–Kier alpha value is -10.5. The lowest BCUT2D eigenvalue weighted by Gasteiger charge is -2.46. The van der Waals surface area contributed by atoms with E-state index in [1.54, 1.807) is 0 Å². The van der Waals surface area contributed by atoms with E-state index in [1.165, 1.54) is 128 Å². The van der Waals surface area contributed by atoms with Crippen LogP contribution in [0, 0.1) is 0 Å². The highest BCUT2D eigenvalue weighted by Crippen LogP contribution is 2.67. The fourth-order valence-electron chi connectivity index (χ4n) is 16.5. The molecule has 1 aromatic heterocycles. The summed E-state index contributed by atoms with van der Waals surface area (Å²) in [5.41, 5.74) is 31.0. The van der Waals surface area contributed by atoms with Crippen LogP contribution in [0.5, 0.6) is 0 Å². The summed E-state index contributed by atoms with van der Waals surface area (Å²) in [7, 11) is 0. The standard InChI is InChI=1S/C83H56N2/c1-81(2)67-37-18-20-39-69(67)83(70-40-21-19-38-68(70)81)71-41-23-35-64-63-34-16-22-42-74(63)85-76-44-24-43-75(78(76)65-47-48-72(83)79(77(64)71)80(65)85)84(60-50-55(53-25-7-3-8-26-53)49-56(51-60)54-27-9-4-10-28-54)59-45-46-62-61-33-15-17-36-66(61)82(73(62)52-59,57-29-11-5-12-30-57)58-31-13-6-14-32-58/h3-52H,1-2H3. The van der Waals surface area contributed by atoms with Gasteiger partial charge in [0.1, 0.15) is 0 Å². The van der Waals surface area contributed by atoms with E-state index in [-0.39, 0.29) is 5.41 Å². The van der Waals surface area contributed by atoms with E-state index in [0.717, 1.165) is 28.2 Å². The summed E-state index contributed by atoms with van der Waals surface area (Å²) in [6.07, 6.45) is 0. The molecule has 0 saturated carbocycles. The normalized spacial score (nSPS) is 14.5. The number of rotatable bonds is 7. The average molecular weight is 1080 g/mol. The predicted octanol–water partition coefficient (Wildman–Crippen LogP) is 20.9. The number of aromatic nitrogens is 1. The first kappa shape index (κ1) is 48.0. The molecule has 2 nitrogen and oxygen atoms in total. The molecule has 13 aromatic carbocycles. The monoisotopic (exact) mass is 1080 g/mol. The Kier molecular flexibility index (Phi) is 10.0. The Bertz CT molecular complexity index is 4940. The zero-order chi connectivity index (χ0) is 56.2. The minimum absolute atomic E-state index is 0.208. The lowest BCUT2D eigenvalue weighted by Crippen LogP contribution is -2.40. The van der Waals surface area contributed by atoms with Crippen molar-refractivity contribution in [1.29, 1.82) is 0 Å². The Balaban J connectivity index is 0.983. The van der Waals surface area contributed by atoms with Crippen LogP contribution in [0.4, 0.5) is 17.1 Å². The van der Waals surface area contributed by atoms with Crippen LogP contribution in [-0.2, 0) is 16.2 Å². The number of hydrogen-bond acceptors (Lipinski definition) is 1. The van der Waals surface area contributed by atoms with Crippen molar-refractivity contribution in [3.63, 3.8) is 0 Å². The molecule has 0 amide bonds. The van der Waals surface area contributed by atoms with Gasteiger partial charge in [-0.2, -0.15) is 0 Å². The third-order valence-electron chi connectivity index (χ3n) is 19.8. The van der Waals surface area contributed by atoms with Gasteiger partial charge in [0, 0.05) is 38.7 Å². The van der Waals surface area contributed by atoms with Gasteiger partial charge in [0.25, 0.3) is 0 Å². The van der Waals surface area contributed by atoms with Crippen LogP contribution in [0.3, 0.4) is 0 Å².